The summed E-state index contributed by atoms with van der Waals surface area (Å²) in [5, 5.41) is 5.49. The minimum atomic E-state index is -0.289. The molecule has 2 rings (SSSR count). The number of anilines is 2. The monoisotopic (exact) mass is 241 g/mol. The van der Waals surface area contributed by atoms with Crippen molar-refractivity contribution in [2.75, 3.05) is 10.6 Å². The Hall–Kier alpha value is -2.36. The molecule has 1 heterocycles. The van der Waals surface area contributed by atoms with E-state index < -0.39 is 0 Å². The number of pyridine rings is 1. The van der Waals surface area contributed by atoms with Crippen molar-refractivity contribution in [2.24, 2.45) is 0 Å². The van der Waals surface area contributed by atoms with Gasteiger partial charge in [0, 0.05) is 11.9 Å². The standard InChI is InChI=1S/C14H15N3O/c1-10-7-8-15-13(9-10)17-14(18)16-12-6-4-3-5-11(12)2/h3-9H,1-2H3,(H2,15,16,17,18). The van der Waals surface area contributed by atoms with E-state index in [4.69, 9.17) is 0 Å². The highest BCUT2D eigenvalue weighted by molar-refractivity contribution is 5.99. The largest absolute Gasteiger partial charge is 0.324 e. The molecule has 18 heavy (non-hydrogen) atoms. The van der Waals surface area contributed by atoms with Crippen molar-refractivity contribution in [1.29, 1.82) is 0 Å². The molecule has 1 aromatic heterocycles. The van der Waals surface area contributed by atoms with E-state index in [1.165, 1.54) is 0 Å². The molecule has 0 aliphatic carbocycles. The second kappa shape index (κ2) is 5.31. The predicted molar refractivity (Wildman–Crippen MR) is 72.8 cm³/mol. The number of urea groups is 1. The third-order valence-corrected chi connectivity index (χ3v) is 2.55. The Morgan fingerprint density at radius 3 is 2.61 bits per heavy atom. The van der Waals surface area contributed by atoms with Crippen molar-refractivity contribution in [3.8, 4) is 0 Å². The van der Waals surface area contributed by atoms with E-state index >= 15 is 0 Å². The maximum atomic E-state index is 11.8. The molecular weight excluding hydrogens is 226 g/mol. The van der Waals surface area contributed by atoms with Gasteiger partial charge in [-0.05, 0) is 43.2 Å². The summed E-state index contributed by atoms with van der Waals surface area (Å²) in [6.45, 7) is 3.90. The van der Waals surface area contributed by atoms with Crippen LogP contribution in [-0.4, -0.2) is 11.0 Å². The maximum absolute atomic E-state index is 11.8. The zero-order valence-electron chi connectivity index (χ0n) is 10.4. The molecule has 0 saturated heterocycles. The van der Waals surface area contributed by atoms with E-state index in [9.17, 15) is 4.79 Å². The van der Waals surface area contributed by atoms with E-state index in [1.807, 2.05) is 50.2 Å². The topological polar surface area (TPSA) is 54.0 Å². The van der Waals surface area contributed by atoms with Crippen molar-refractivity contribution >= 4 is 17.5 Å². The fraction of sp³-hybridized carbons (Fsp3) is 0.143. The average molecular weight is 241 g/mol. The van der Waals surface area contributed by atoms with Gasteiger partial charge in [-0.25, -0.2) is 9.78 Å². The molecule has 0 aliphatic rings. The Morgan fingerprint density at radius 1 is 1.11 bits per heavy atom. The lowest BCUT2D eigenvalue weighted by Crippen LogP contribution is -2.20. The molecule has 0 fully saturated rings. The first-order chi connectivity index (χ1) is 8.65. The zero-order chi connectivity index (χ0) is 13.0. The minimum Gasteiger partial charge on any atom is -0.307 e. The normalized spacial score (nSPS) is 9.89. The van der Waals surface area contributed by atoms with Crippen molar-refractivity contribution in [1.82, 2.24) is 4.98 Å². The van der Waals surface area contributed by atoms with Gasteiger partial charge < -0.3 is 5.32 Å². The Labute approximate surface area is 106 Å². The lowest BCUT2D eigenvalue weighted by molar-refractivity contribution is 0.262. The maximum Gasteiger partial charge on any atom is 0.324 e. The van der Waals surface area contributed by atoms with E-state index in [2.05, 4.69) is 15.6 Å². The van der Waals surface area contributed by atoms with Crippen molar-refractivity contribution in [3.63, 3.8) is 0 Å². The summed E-state index contributed by atoms with van der Waals surface area (Å²) in [5.74, 6) is 0.543. The third kappa shape index (κ3) is 3.07. The number of carbonyl (C=O) groups is 1. The number of nitrogens with zero attached hydrogens (tertiary/aromatic N) is 1. The van der Waals surface area contributed by atoms with Crippen molar-refractivity contribution < 1.29 is 4.79 Å². The van der Waals surface area contributed by atoms with Crippen LogP contribution >= 0.6 is 0 Å². The van der Waals surface area contributed by atoms with Crippen molar-refractivity contribution in [2.45, 2.75) is 13.8 Å². The van der Waals surface area contributed by atoms with Gasteiger partial charge in [-0.15, -0.1) is 0 Å². The molecule has 4 nitrogen and oxygen atoms in total. The first-order valence-electron chi connectivity index (χ1n) is 5.71. The molecule has 0 spiro atoms. The number of aryl methyl sites for hydroxylation is 2. The third-order valence-electron chi connectivity index (χ3n) is 2.55. The number of para-hydroxylation sites is 1. The first kappa shape index (κ1) is 12.1. The van der Waals surface area contributed by atoms with Crippen LogP contribution in [0.5, 0.6) is 0 Å². The van der Waals surface area contributed by atoms with Gasteiger partial charge in [0.2, 0.25) is 0 Å². The van der Waals surface area contributed by atoms with Crippen LogP contribution in [0, 0.1) is 13.8 Å². The molecular formula is C14H15N3O. The van der Waals surface area contributed by atoms with Gasteiger partial charge in [0.25, 0.3) is 0 Å². The van der Waals surface area contributed by atoms with Gasteiger partial charge in [-0.1, -0.05) is 18.2 Å². The summed E-state index contributed by atoms with van der Waals surface area (Å²) in [6, 6.07) is 11.0. The summed E-state index contributed by atoms with van der Waals surface area (Å²) >= 11 is 0. The van der Waals surface area contributed by atoms with E-state index in [0.29, 0.717) is 5.82 Å². The second-order valence-corrected chi connectivity index (χ2v) is 4.11. The van der Waals surface area contributed by atoms with Crippen LogP contribution < -0.4 is 10.6 Å². The lowest BCUT2D eigenvalue weighted by atomic mass is 10.2. The molecule has 2 N–H and O–H groups in total. The molecule has 0 atom stereocenters. The number of hydrogen-bond donors (Lipinski definition) is 2. The molecule has 0 unspecified atom stereocenters. The number of amides is 2. The molecule has 92 valence electrons. The van der Waals surface area contributed by atoms with Crippen LogP contribution in [0.15, 0.2) is 42.6 Å². The number of rotatable bonds is 2. The average Bonchev–Trinajstić information content (AvgIpc) is 2.32. The van der Waals surface area contributed by atoms with Crippen LogP contribution in [0.3, 0.4) is 0 Å². The number of benzene rings is 1. The summed E-state index contributed by atoms with van der Waals surface area (Å²) in [4.78, 5) is 15.9. The highest BCUT2D eigenvalue weighted by Crippen LogP contribution is 2.13. The fourth-order valence-corrected chi connectivity index (χ4v) is 1.59. The summed E-state index contributed by atoms with van der Waals surface area (Å²) in [6.07, 6.45) is 1.67. The van der Waals surface area contributed by atoms with Gasteiger partial charge in [-0.3, -0.25) is 5.32 Å². The van der Waals surface area contributed by atoms with Crippen molar-refractivity contribution in [3.05, 3.63) is 53.7 Å². The second-order valence-electron chi connectivity index (χ2n) is 4.11. The van der Waals surface area contributed by atoms with Gasteiger partial charge in [0.15, 0.2) is 0 Å². The van der Waals surface area contributed by atoms with Gasteiger partial charge >= 0.3 is 6.03 Å². The molecule has 0 saturated carbocycles. The summed E-state index contributed by atoms with van der Waals surface area (Å²) in [7, 11) is 0. The molecule has 2 amide bonds. The highest BCUT2D eigenvalue weighted by Gasteiger charge is 2.04. The lowest BCUT2D eigenvalue weighted by Gasteiger charge is -2.09. The first-order valence-corrected chi connectivity index (χ1v) is 5.71. The molecule has 1 aromatic carbocycles. The molecule has 0 bridgehead atoms. The number of nitrogens with one attached hydrogen (secondary N) is 2. The van der Waals surface area contributed by atoms with E-state index in [0.717, 1.165) is 16.8 Å². The Bertz CT molecular complexity index is 566. The van der Waals surface area contributed by atoms with Gasteiger partial charge in [0.05, 0.1) is 0 Å². The SMILES string of the molecule is Cc1ccnc(NC(=O)Nc2ccccc2C)c1. The van der Waals surface area contributed by atoms with E-state index in [1.54, 1.807) is 6.20 Å². The molecule has 0 radical (unpaired) electrons. The molecule has 0 aliphatic heterocycles. The minimum absolute atomic E-state index is 0.289. The van der Waals surface area contributed by atoms with Crippen LogP contribution in [0.25, 0.3) is 0 Å². The summed E-state index contributed by atoms with van der Waals surface area (Å²) < 4.78 is 0. The smallest absolute Gasteiger partial charge is 0.307 e. The fourth-order valence-electron chi connectivity index (χ4n) is 1.59. The van der Waals surface area contributed by atoms with Crippen LogP contribution in [0.4, 0.5) is 16.3 Å². The van der Waals surface area contributed by atoms with Gasteiger partial charge in [0.1, 0.15) is 5.82 Å². The Morgan fingerprint density at radius 2 is 1.89 bits per heavy atom. The van der Waals surface area contributed by atoms with Crippen LogP contribution in [0.2, 0.25) is 0 Å². The summed E-state index contributed by atoms with van der Waals surface area (Å²) in [5.41, 5.74) is 2.86. The Balaban J connectivity index is 2.03. The predicted octanol–water partition coefficient (Wildman–Crippen LogP) is 3.34. The van der Waals surface area contributed by atoms with Crippen LogP contribution in [-0.2, 0) is 0 Å². The highest BCUT2D eigenvalue weighted by atomic mass is 16.2. The number of aromatic nitrogens is 1. The number of carbonyl (C=O) groups excluding carboxylic acids is 1. The van der Waals surface area contributed by atoms with E-state index in [-0.39, 0.29) is 6.03 Å². The zero-order valence-corrected chi connectivity index (χ0v) is 10.4. The number of hydrogen-bond acceptors (Lipinski definition) is 2. The van der Waals surface area contributed by atoms with Gasteiger partial charge in [-0.2, -0.15) is 0 Å². The quantitative estimate of drug-likeness (QED) is 0.847. The molecule has 2 aromatic rings. The van der Waals surface area contributed by atoms with Crippen LogP contribution in [0.1, 0.15) is 11.1 Å². The Kier molecular flexibility index (Phi) is 3.57. The molecule has 4 heteroatoms.